The Morgan fingerprint density at radius 3 is 2.50 bits per heavy atom. The van der Waals surface area contributed by atoms with Gasteiger partial charge in [0.15, 0.2) is 0 Å². The van der Waals surface area contributed by atoms with E-state index < -0.39 is 11.6 Å². The molecule has 5 heteroatoms. The minimum absolute atomic E-state index is 0.0161. The zero-order valence-electron chi connectivity index (χ0n) is 11.7. The van der Waals surface area contributed by atoms with Crippen LogP contribution in [0.5, 0.6) is 0 Å². The molecule has 20 heavy (non-hydrogen) atoms. The highest BCUT2D eigenvalue weighted by Gasteiger charge is 2.17. The fraction of sp³-hybridized carbons (Fsp3) is 0.400. The fourth-order valence-corrected chi connectivity index (χ4v) is 3.13. The quantitative estimate of drug-likeness (QED) is 0.866. The second kappa shape index (κ2) is 6.90. The number of benzene rings is 1. The van der Waals surface area contributed by atoms with Crippen LogP contribution < -0.4 is 5.32 Å². The molecule has 0 saturated carbocycles. The average Bonchev–Trinajstić information content (AvgIpc) is 2.79. The van der Waals surface area contributed by atoms with Crippen molar-refractivity contribution in [1.82, 2.24) is 10.3 Å². The summed E-state index contributed by atoms with van der Waals surface area (Å²) >= 11 is 1.37. The number of nitrogens with zero attached hydrogens (tertiary/aromatic N) is 1. The maximum absolute atomic E-state index is 13.8. The zero-order valence-corrected chi connectivity index (χ0v) is 12.5. The smallest absolute Gasteiger partial charge is 0.136 e. The van der Waals surface area contributed by atoms with Crippen LogP contribution in [-0.4, -0.2) is 11.5 Å². The third kappa shape index (κ3) is 3.22. The van der Waals surface area contributed by atoms with Crippen LogP contribution in [-0.2, 0) is 13.0 Å². The summed E-state index contributed by atoms with van der Waals surface area (Å²) < 4.78 is 27.7. The Bertz CT molecular complexity index is 561. The third-order valence-electron chi connectivity index (χ3n) is 2.98. The summed E-state index contributed by atoms with van der Waals surface area (Å²) in [6.07, 6.45) is 1.79. The van der Waals surface area contributed by atoms with E-state index in [1.807, 2.05) is 6.92 Å². The van der Waals surface area contributed by atoms with Crippen molar-refractivity contribution in [3.8, 4) is 10.6 Å². The topological polar surface area (TPSA) is 24.9 Å². The first-order valence-corrected chi connectivity index (χ1v) is 7.62. The number of rotatable bonds is 6. The highest BCUT2D eigenvalue weighted by Crippen LogP contribution is 2.32. The van der Waals surface area contributed by atoms with Gasteiger partial charge in [0.25, 0.3) is 0 Å². The van der Waals surface area contributed by atoms with E-state index in [0.717, 1.165) is 30.0 Å². The van der Waals surface area contributed by atoms with Crippen molar-refractivity contribution in [3.63, 3.8) is 0 Å². The number of aromatic nitrogens is 1. The SMILES string of the molecule is CCCc1nc(-c2c(F)cccc2F)sc1CNCC. The van der Waals surface area contributed by atoms with E-state index in [2.05, 4.69) is 17.2 Å². The molecular weight excluding hydrogens is 278 g/mol. The lowest BCUT2D eigenvalue weighted by Gasteiger charge is -2.00. The Hall–Kier alpha value is -1.33. The molecular formula is C15H18F2N2S. The minimum atomic E-state index is -0.559. The van der Waals surface area contributed by atoms with Crippen LogP contribution in [0.15, 0.2) is 18.2 Å². The molecule has 2 rings (SSSR count). The maximum Gasteiger partial charge on any atom is 0.136 e. The normalized spacial score (nSPS) is 11.0. The summed E-state index contributed by atoms with van der Waals surface area (Å²) in [5.41, 5.74) is 0.925. The molecule has 1 aromatic carbocycles. The van der Waals surface area contributed by atoms with E-state index in [1.165, 1.54) is 29.5 Å². The number of halogens is 2. The van der Waals surface area contributed by atoms with E-state index >= 15 is 0 Å². The summed E-state index contributed by atoms with van der Waals surface area (Å²) in [6.45, 7) is 5.64. The molecule has 0 aliphatic heterocycles. The van der Waals surface area contributed by atoms with Gasteiger partial charge in [-0.15, -0.1) is 11.3 Å². The van der Waals surface area contributed by atoms with E-state index in [4.69, 9.17) is 0 Å². The van der Waals surface area contributed by atoms with Gasteiger partial charge < -0.3 is 5.32 Å². The predicted octanol–water partition coefficient (Wildman–Crippen LogP) is 4.15. The van der Waals surface area contributed by atoms with Gasteiger partial charge in [-0.2, -0.15) is 0 Å². The molecule has 1 heterocycles. The van der Waals surface area contributed by atoms with Gasteiger partial charge in [-0.05, 0) is 25.1 Å². The van der Waals surface area contributed by atoms with Gasteiger partial charge >= 0.3 is 0 Å². The Balaban J connectivity index is 2.41. The molecule has 1 aromatic heterocycles. The van der Waals surface area contributed by atoms with Crippen LogP contribution in [0, 0.1) is 11.6 Å². The summed E-state index contributed by atoms with van der Waals surface area (Å²) in [4.78, 5) is 5.50. The summed E-state index contributed by atoms with van der Waals surface area (Å²) in [5.74, 6) is -1.12. The lowest BCUT2D eigenvalue weighted by molar-refractivity contribution is 0.589. The van der Waals surface area contributed by atoms with Crippen LogP contribution in [0.1, 0.15) is 30.8 Å². The molecule has 0 saturated heterocycles. The number of aryl methyl sites for hydroxylation is 1. The van der Waals surface area contributed by atoms with Crippen molar-refractivity contribution in [2.45, 2.75) is 33.2 Å². The van der Waals surface area contributed by atoms with Crippen molar-refractivity contribution in [3.05, 3.63) is 40.4 Å². The Morgan fingerprint density at radius 1 is 1.20 bits per heavy atom. The Kier molecular flexibility index (Phi) is 5.20. The van der Waals surface area contributed by atoms with Gasteiger partial charge in [0.05, 0.1) is 11.3 Å². The van der Waals surface area contributed by atoms with Crippen LogP contribution in [0.3, 0.4) is 0 Å². The highest BCUT2D eigenvalue weighted by atomic mass is 32.1. The monoisotopic (exact) mass is 296 g/mol. The summed E-state index contributed by atoms with van der Waals surface area (Å²) in [5, 5.41) is 3.67. The molecule has 0 radical (unpaired) electrons. The minimum Gasteiger partial charge on any atom is -0.312 e. The van der Waals surface area contributed by atoms with Crippen molar-refractivity contribution >= 4 is 11.3 Å². The summed E-state index contributed by atoms with van der Waals surface area (Å²) in [6, 6.07) is 3.90. The zero-order chi connectivity index (χ0) is 14.5. The molecule has 0 spiro atoms. The molecule has 0 aliphatic carbocycles. The fourth-order valence-electron chi connectivity index (χ4n) is 2.00. The van der Waals surface area contributed by atoms with E-state index in [1.54, 1.807) is 0 Å². The second-order valence-electron chi connectivity index (χ2n) is 4.52. The Labute approximate surface area is 121 Å². The second-order valence-corrected chi connectivity index (χ2v) is 5.60. The number of hydrogen-bond donors (Lipinski definition) is 1. The maximum atomic E-state index is 13.8. The molecule has 0 atom stereocenters. The van der Waals surface area contributed by atoms with Gasteiger partial charge in [0, 0.05) is 11.4 Å². The largest absolute Gasteiger partial charge is 0.312 e. The van der Waals surface area contributed by atoms with Crippen molar-refractivity contribution in [1.29, 1.82) is 0 Å². The molecule has 0 amide bonds. The molecule has 0 bridgehead atoms. The van der Waals surface area contributed by atoms with Gasteiger partial charge in [-0.1, -0.05) is 26.3 Å². The molecule has 0 aliphatic rings. The molecule has 2 aromatic rings. The first kappa shape index (κ1) is 15.1. The van der Waals surface area contributed by atoms with Crippen molar-refractivity contribution in [2.24, 2.45) is 0 Å². The lowest BCUT2D eigenvalue weighted by Crippen LogP contribution is -2.11. The van der Waals surface area contributed by atoms with E-state index in [-0.39, 0.29) is 5.56 Å². The van der Waals surface area contributed by atoms with Gasteiger partial charge in [0.2, 0.25) is 0 Å². The molecule has 2 nitrogen and oxygen atoms in total. The van der Waals surface area contributed by atoms with Crippen LogP contribution in [0.4, 0.5) is 8.78 Å². The third-order valence-corrected chi connectivity index (χ3v) is 4.09. The van der Waals surface area contributed by atoms with E-state index in [9.17, 15) is 8.78 Å². The summed E-state index contributed by atoms with van der Waals surface area (Å²) in [7, 11) is 0. The standard InChI is InChI=1S/C15H18F2N2S/c1-3-6-12-13(9-18-4-2)20-15(19-12)14-10(16)7-5-8-11(14)17/h5,7-8,18H,3-4,6,9H2,1-2H3. The number of thiazole rings is 1. The van der Waals surface area contributed by atoms with Crippen LogP contribution in [0.25, 0.3) is 10.6 Å². The Morgan fingerprint density at radius 2 is 1.90 bits per heavy atom. The van der Waals surface area contributed by atoms with Gasteiger partial charge in [-0.3, -0.25) is 0 Å². The first-order valence-electron chi connectivity index (χ1n) is 6.81. The highest BCUT2D eigenvalue weighted by molar-refractivity contribution is 7.15. The molecule has 0 fully saturated rings. The molecule has 1 N–H and O–H groups in total. The van der Waals surface area contributed by atoms with Crippen LogP contribution >= 0.6 is 11.3 Å². The van der Waals surface area contributed by atoms with Crippen molar-refractivity contribution in [2.75, 3.05) is 6.54 Å². The number of hydrogen-bond acceptors (Lipinski definition) is 3. The van der Waals surface area contributed by atoms with Crippen LogP contribution in [0.2, 0.25) is 0 Å². The lowest BCUT2D eigenvalue weighted by atomic mass is 10.2. The average molecular weight is 296 g/mol. The van der Waals surface area contributed by atoms with Gasteiger partial charge in [0.1, 0.15) is 16.6 Å². The predicted molar refractivity (Wildman–Crippen MR) is 78.8 cm³/mol. The van der Waals surface area contributed by atoms with Crippen molar-refractivity contribution < 1.29 is 8.78 Å². The molecule has 0 unspecified atom stereocenters. The van der Waals surface area contributed by atoms with E-state index in [0.29, 0.717) is 11.6 Å². The number of nitrogens with one attached hydrogen (secondary N) is 1. The first-order chi connectivity index (χ1) is 9.67. The molecule has 108 valence electrons. The van der Waals surface area contributed by atoms with Gasteiger partial charge in [-0.25, -0.2) is 13.8 Å².